The molecule has 0 saturated heterocycles. The fraction of sp³-hybridized carbons (Fsp3) is 0.545. The topological polar surface area (TPSA) is 94.2 Å². The average Bonchev–Trinajstić information content (AvgIpc) is 2.71. The molecule has 0 aliphatic carbocycles. The number of hydrogen-bond acceptors (Lipinski definition) is 8. The van der Waals surface area contributed by atoms with E-state index in [2.05, 4.69) is 38.4 Å². The minimum Gasteiger partial charge on any atom is -0.491 e. The summed E-state index contributed by atoms with van der Waals surface area (Å²) in [6.07, 6.45) is -0.100. The first kappa shape index (κ1) is 25.3. The smallest absolute Gasteiger partial charge is 0.336 e. The zero-order chi connectivity index (χ0) is 22.8. The van der Waals surface area contributed by atoms with Gasteiger partial charge in [0.15, 0.2) is 0 Å². The van der Waals surface area contributed by atoms with Crippen molar-refractivity contribution < 1.29 is 22.9 Å². The minimum atomic E-state index is -1.42. The summed E-state index contributed by atoms with van der Waals surface area (Å²) in [7, 11) is 0.184. The fourth-order valence-corrected chi connectivity index (χ4v) is 4.72. The van der Waals surface area contributed by atoms with Crippen LogP contribution in [0.4, 0.5) is 0 Å². The molecule has 0 amide bonds. The molecule has 0 fully saturated rings. The van der Waals surface area contributed by atoms with Crippen LogP contribution < -0.4 is 10.4 Å². The van der Waals surface area contributed by atoms with Crippen LogP contribution in [0.25, 0.3) is 11.0 Å². The molecule has 1 aromatic carbocycles. The second-order valence-electron chi connectivity index (χ2n) is 7.49. The quantitative estimate of drug-likeness (QED) is 0.251. The van der Waals surface area contributed by atoms with Crippen molar-refractivity contribution in [2.45, 2.75) is 52.3 Å². The van der Waals surface area contributed by atoms with Gasteiger partial charge in [-0.1, -0.05) is 0 Å². The maximum Gasteiger partial charge on any atom is 0.336 e. The Labute approximate surface area is 184 Å². The highest BCUT2D eigenvalue weighted by atomic mass is 31.2. The molecule has 9 heteroatoms. The Balaban J connectivity index is 2.12. The predicted octanol–water partition coefficient (Wildman–Crippen LogP) is 4.48. The van der Waals surface area contributed by atoms with Crippen molar-refractivity contribution in [3.8, 4) is 11.8 Å². The summed E-state index contributed by atoms with van der Waals surface area (Å²) in [5, 5.41) is 9.68. The normalized spacial score (nSPS) is 13.6. The van der Waals surface area contributed by atoms with E-state index in [-0.39, 0.29) is 18.7 Å². The maximum atomic E-state index is 11.5. The molecule has 2 unspecified atom stereocenters. The summed E-state index contributed by atoms with van der Waals surface area (Å²) in [5.74, 6) is 0.561. The molecule has 170 valence electrons. The Morgan fingerprint density at radius 3 is 2.48 bits per heavy atom. The van der Waals surface area contributed by atoms with Crippen molar-refractivity contribution in [1.29, 1.82) is 5.26 Å². The van der Waals surface area contributed by atoms with Gasteiger partial charge in [0.05, 0.1) is 25.7 Å². The van der Waals surface area contributed by atoms with Crippen LogP contribution in [0.5, 0.6) is 5.75 Å². The monoisotopic (exact) mass is 450 g/mol. The highest BCUT2D eigenvalue weighted by molar-refractivity contribution is 7.44. The van der Waals surface area contributed by atoms with Gasteiger partial charge >= 0.3 is 5.63 Å². The first-order chi connectivity index (χ1) is 14.8. The summed E-state index contributed by atoms with van der Waals surface area (Å²) < 4.78 is 30.8. The van der Waals surface area contributed by atoms with Gasteiger partial charge in [-0.25, -0.2) is 9.46 Å². The highest BCUT2D eigenvalue weighted by Gasteiger charge is 2.30. The van der Waals surface area contributed by atoms with Crippen molar-refractivity contribution in [2.24, 2.45) is 0 Å². The lowest BCUT2D eigenvalue weighted by Gasteiger charge is -2.37. The van der Waals surface area contributed by atoms with E-state index in [1.54, 1.807) is 19.2 Å². The molecule has 2 aromatic rings. The van der Waals surface area contributed by atoms with E-state index in [1.807, 2.05) is 12.1 Å². The number of nitrogens with zero attached hydrogens (tertiary/aromatic N) is 2. The Bertz CT molecular complexity index is 903. The third kappa shape index (κ3) is 7.88. The second-order valence-corrected chi connectivity index (χ2v) is 8.90. The van der Waals surface area contributed by atoms with Gasteiger partial charge in [0.1, 0.15) is 24.0 Å². The van der Waals surface area contributed by atoms with Crippen LogP contribution in [0.15, 0.2) is 39.5 Å². The Hall–Kier alpha value is -2.01. The number of methoxy groups -OCH3 is 1. The molecule has 0 aliphatic heterocycles. The van der Waals surface area contributed by atoms with Gasteiger partial charge in [-0.2, -0.15) is 5.26 Å². The molecule has 31 heavy (non-hydrogen) atoms. The molecule has 2 rings (SSSR count). The lowest BCUT2D eigenvalue weighted by molar-refractivity contribution is 0.0342. The van der Waals surface area contributed by atoms with E-state index < -0.39 is 20.3 Å². The summed E-state index contributed by atoms with van der Waals surface area (Å²) in [6, 6.07) is 10.9. The number of benzene rings is 1. The third-order valence-electron chi connectivity index (χ3n) is 4.28. The van der Waals surface area contributed by atoms with Crippen LogP contribution in [-0.4, -0.2) is 49.8 Å². The minimum absolute atomic E-state index is 0.195. The van der Waals surface area contributed by atoms with Gasteiger partial charge in [0.25, 0.3) is 8.53 Å². The van der Waals surface area contributed by atoms with E-state index >= 15 is 0 Å². The Morgan fingerprint density at radius 2 is 1.84 bits per heavy atom. The van der Waals surface area contributed by atoms with E-state index in [9.17, 15) is 4.79 Å². The lowest BCUT2D eigenvalue weighted by atomic mass is 10.2. The standard InChI is InChI=1S/C22H31N2O6P/c1-16(2)24(17(3)4)31(28-12-6-11-23)30-20(14-26-5)15-27-19-9-7-18-8-10-22(25)29-21(18)13-19/h7-10,13,16-17,20H,6,12,14-15H2,1-5H3. The van der Waals surface area contributed by atoms with E-state index in [0.717, 1.165) is 5.39 Å². The molecule has 0 N–H and O–H groups in total. The van der Waals surface area contributed by atoms with Gasteiger partial charge in [-0.3, -0.25) is 0 Å². The van der Waals surface area contributed by atoms with Gasteiger partial charge in [0, 0.05) is 36.7 Å². The van der Waals surface area contributed by atoms with E-state index in [0.29, 0.717) is 31.0 Å². The van der Waals surface area contributed by atoms with Crippen LogP contribution in [0.2, 0.25) is 0 Å². The highest BCUT2D eigenvalue weighted by Crippen LogP contribution is 2.47. The van der Waals surface area contributed by atoms with Gasteiger partial charge in [-0.05, 0) is 45.9 Å². The van der Waals surface area contributed by atoms with Crippen molar-refractivity contribution in [1.82, 2.24) is 4.67 Å². The summed E-state index contributed by atoms with van der Waals surface area (Å²) in [6.45, 7) is 9.15. The molecule has 1 heterocycles. The molecule has 2 atom stereocenters. The van der Waals surface area contributed by atoms with Crippen LogP contribution in [-0.2, 0) is 13.8 Å². The molecule has 1 aromatic heterocycles. The summed E-state index contributed by atoms with van der Waals surface area (Å²) in [5.41, 5.74) is 0.0509. The van der Waals surface area contributed by atoms with Gasteiger partial charge in [0.2, 0.25) is 0 Å². The first-order valence-corrected chi connectivity index (χ1v) is 11.4. The van der Waals surface area contributed by atoms with Gasteiger partial charge in [-0.15, -0.1) is 0 Å². The number of fused-ring (bicyclic) bond motifs is 1. The molecule has 0 aliphatic rings. The zero-order valence-electron chi connectivity index (χ0n) is 18.7. The first-order valence-electron chi connectivity index (χ1n) is 10.3. The Kier molecular flexibility index (Phi) is 10.4. The largest absolute Gasteiger partial charge is 0.491 e. The van der Waals surface area contributed by atoms with Crippen LogP contribution in [0.3, 0.4) is 0 Å². The molecule has 0 radical (unpaired) electrons. The molecular formula is C22H31N2O6P. The van der Waals surface area contributed by atoms with E-state index in [4.69, 9.17) is 28.2 Å². The molecular weight excluding hydrogens is 419 g/mol. The summed E-state index contributed by atoms with van der Waals surface area (Å²) >= 11 is 0. The van der Waals surface area contributed by atoms with Gasteiger partial charge < -0.3 is 22.9 Å². The van der Waals surface area contributed by atoms with Crippen LogP contribution in [0.1, 0.15) is 34.1 Å². The van der Waals surface area contributed by atoms with Crippen molar-refractivity contribution in [2.75, 3.05) is 26.9 Å². The molecule has 0 spiro atoms. The second kappa shape index (κ2) is 12.7. The summed E-state index contributed by atoms with van der Waals surface area (Å²) in [4.78, 5) is 11.5. The van der Waals surface area contributed by atoms with Crippen LogP contribution in [0, 0.1) is 11.3 Å². The molecule has 0 bridgehead atoms. The number of rotatable bonds is 13. The molecule has 0 saturated carbocycles. The lowest BCUT2D eigenvalue weighted by Crippen LogP contribution is -2.36. The maximum absolute atomic E-state index is 11.5. The third-order valence-corrected chi connectivity index (χ3v) is 6.47. The Morgan fingerprint density at radius 1 is 1.13 bits per heavy atom. The number of hydrogen-bond donors (Lipinski definition) is 0. The number of nitriles is 1. The zero-order valence-corrected chi connectivity index (χ0v) is 19.6. The van der Waals surface area contributed by atoms with Crippen molar-refractivity contribution >= 4 is 19.5 Å². The SMILES string of the molecule is COCC(COc1ccc2ccc(=O)oc2c1)OP(OCCC#N)N(C(C)C)C(C)C. The fourth-order valence-electron chi connectivity index (χ4n) is 3.04. The van der Waals surface area contributed by atoms with Crippen molar-refractivity contribution in [3.05, 3.63) is 40.8 Å². The van der Waals surface area contributed by atoms with Crippen LogP contribution >= 0.6 is 8.53 Å². The average molecular weight is 450 g/mol. The van der Waals surface area contributed by atoms with Crippen molar-refractivity contribution in [3.63, 3.8) is 0 Å². The molecule has 8 nitrogen and oxygen atoms in total. The number of ether oxygens (including phenoxy) is 2. The van der Waals surface area contributed by atoms with E-state index in [1.165, 1.54) is 6.07 Å². The predicted molar refractivity (Wildman–Crippen MR) is 120 cm³/mol.